The second-order valence-corrected chi connectivity index (χ2v) is 3.96. The lowest BCUT2D eigenvalue weighted by Crippen LogP contribution is -2.44. The Morgan fingerprint density at radius 1 is 1.24 bits per heavy atom. The van der Waals surface area contributed by atoms with Crippen LogP contribution in [0.5, 0.6) is 0 Å². The largest absolute Gasteiger partial charge is 0.351 e. The van der Waals surface area contributed by atoms with Gasteiger partial charge >= 0.3 is 0 Å². The number of halogens is 1. The summed E-state index contributed by atoms with van der Waals surface area (Å²) < 4.78 is 0. The molecule has 2 rings (SSSR count). The van der Waals surface area contributed by atoms with Gasteiger partial charge in [-0.3, -0.25) is 0 Å². The summed E-state index contributed by atoms with van der Waals surface area (Å²) in [6.45, 7) is 7.43. The van der Waals surface area contributed by atoms with Crippen LogP contribution in [-0.2, 0) is 0 Å². The molecule has 0 unspecified atom stereocenters. The number of hydrogen-bond acceptors (Lipinski definition) is 5. The maximum atomic E-state index is 9.19. The van der Waals surface area contributed by atoms with E-state index >= 15 is 0 Å². The number of aryl methyl sites for hydroxylation is 1. The quantitative estimate of drug-likeness (QED) is 0.802. The summed E-state index contributed by atoms with van der Waals surface area (Å²) in [6, 6.07) is 2.24. The van der Waals surface area contributed by atoms with E-state index < -0.39 is 0 Å². The number of rotatable bonds is 1. The molecule has 1 aliphatic rings. The summed E-state index contributed by atoms with van der Waals surface area (Å²) in [5, 5.41) is 20.7. The zero-order chi connectivity index (χ0) is 11.5. The molecule has 17 heavy (non-hydrogen) atoms. The highest BCUT2D eigenvalue weighted by atomic mass is 35.5. The first-order valence-corrected chi connectivity index (χ1v) is 5.43. The van der Waals surface area contributed by atoms with Crippen molar-refractivity contribution in [3.8, 4) is 6.07 Å². The van der Waals surface area contributed by atoms with E-state index in [1.807, 2.05) is 13.8 Å². The van der Waals surface area contributed by atoms with E-state index in [1.165, 1.54) is 0 Å². The normalized spacial score (nSPS) is 15.0. The Morgan fingerprint density at radius 2 is 1.88 bits per heavy atom. The number of nitrogens with one attached hydrogen (secondary N) is 1. The van der Waals surface area contributed by atoms with Crippen molar-refractivity contribution in [2.75, 3.05) is 31.1 Å². The molecule has 1 aromatic rings. The van der Waals surface area contributed by atoms with Gasteiger partial charge in [0.25, 0.3) is 0 Å². The number of nitrogens with zero attached hydrogens (tertiary/aromatic N) is 4. The van der Waals surface area contributed by atoms with E-state index in [0.29, 0.717) is 5.56 Å². The minimum Gasteiger partial charge on any atom is -0.351 e. The highest BCUT2D eigenvalue weighted by Crippen LogP contribution is 2.21. The Kier molecular flexibility index (Phi) is 4.67. The third-order valence-corrected chi connectivity index (χ3v) is 2.96. The fourth-order valence-electron chi connectivity index (χ4n) is 1.83. The molecule has 0 amide bonds. The van der Waals surface area contributed by atoms with Gasteiger partial charge in [-0.25, -0.2) is 0 Å². The van der Waals surface area contributed by atoms with Crippen molar-refractivity contribution in [2.24, 2.45) is 0 Å². The van der Waals surface area contributed by atoms with Crippen molar-refractivity contribution in [1.82, 2.24) is 15.5 Å². The fraction of sp³-hybridized carbons (Fsp3) is 0.545. The number of piperazine rings is 1. The van der Waals surface area contributed by atoms with Crippen LogP contribution in [0.15, 0.2) is 0 Å². The number of hydrogen-bond donors (Lipinski definition) is 1. The second kappa shape index (κ2) is 5.80. The van der Waals surface area contributed by atoms with Crippen LogP contribution in [0.4, 0.5) is 5.82 Å². The Labute approximate surface area is 107 Å². The van der Waals surface area contributed by atoms with Gasteiger partial charge in [0.15, 0.2) is 5.82 Å². The second-order valence-electron chi connectivity index (χ2n) is 3.96. The minimum atomic E-state index is 0. The highest BCUT2D eigenvalue weighted by Gasteiger charge is 2.18. The highest BCUT2D eigenvalue weighted by molar-refractivity contribution is 5.85. The summed E-state index contributed by atoms with van der Waals surface area (Å²) in [6.07, 6.45) is 0. The molecular weight excluding hydrogens is 238 g/mol. The first-order valence-electron chi connectivity index (χ1n) is 5.43. The predicted octanol–water partition coefficient (Wildman–Crippen LogP) is 0.797. The summed E-state index contributed by atoms with van der Waals surface area (Å²) in [5.41, 5.74) is 2.43. The number of nitriles is 1. The molecular formula is C11H16ClN5. The lowest BCUT2D eigenvalue weighted by Gasteiger charge is -2.28. The van der Waals surface area contributed by atoms with Gasteiger partial charge in [-0.15, -0.1) is 17.5 Å². The van der Waals surface area contributed by atoms with Crippen LogP contribution in [0.25, 0.3) is 0 Å². The SMILES string of the molecule is Cc1nnc(N2CCNCC2)c(C#N)c1C.Cl. The van der Waals surface area contributed by atoms with Gasteiger partial charge in [0, 0.05) is 26.2 Å². The van der Waals surface area contributed by atoms with Gasteiger partial charge in [0.05, 0.1) is 5.69 Å². The first kappa shape index (κ1) is 13.7. The molecule has 6 heteroatoms. The van der Waals surface area contributed by atoms with Crippen LogP contribution in [0.2, 0.25) is 0 Å². The average molecular weight is 254 g/mol. The maximum absolute atomic E-state index is 9.19. The third kappa shape index (κ3) is 2.65. The molecule has 0 bridgehead atoms. The fourth-order valence-corrected chi connectivity index (χ4v) is 1.83. The Bertz CT molecular complexity index is 434. The van der Waals surface area contributed by atoms with E-state index in [4.69, 9.17) is 0 Å². The molecule has 1 fully saturated rings. The van der Waals surface area contributed by atoms with E-state index in [-0.39, 0.29) is 12.4 Å². The Morgan fingerprint density at radius 3 is 2.47 bits per heavy atom. The molecule has 1 aliphatic heterocycles. The van der Waals surface area contributed by atoms with Gasteiger partial charge < -0.3 is 10.2 Å². The molecule has 2 heterocycles. The van der Waals surface area contributed by atoms with Gasteiger partial charge in [-0.2, -0.15) is 10.4 Å². The molecule has 1 aromatic heterocycles. The van der Waals surface area contributed by atoms with E-state index in [0.717, 1.165) is 43.3 Å². The molecule has 0 spiro atoms. The monoisotopic (exact) mass is 253 g/mol. The molecule has 92 valence electrons. The molecule has 1 N–H and O–H groups in total. The van der Waals surface area contributed by atoms with Gasteiger partial charge in [0.2, 0.25) is 0 Å². The maximum Gasteiger partial charge on any atom is 0.169 e. The molecule has 0 aliphatic carbocycles. The molecule has 0 radical (unpaired) electrons. The van der Waals surface area contributed by atoms with Gasteiger partial charge in [-0.05, 0) is 19.4 Å². The van der Waals surface area contributed by atoms with Crippen LogP contribution < -0.4 is 10.2 Å². The van der Waals surface area contributed by atoms with Crippen molar-refractivity contribution >= 4 is 18.2 Å². The lowest BCUT2D eigenvalue weighted by atomic mass is 10.1. The Balaban J connectivity index is 0.00000144. The van der Waals surface area contributed by atoms with Crippen LogP contribution in [-0.4, -0.2) is 36.4 Å². The minimum absolute atomic E-state index is 0. The van der Waals surface area contributed by atoms with E-state index in [9.17, 15) is 5.26 Å². The van der Waals surface area contributed by atoms with Crippen molar-refractivity contribution < 1.29 is 0 Å². The average Bonchev–Trinajstić information content (AvgIpc) is 2.33. The summed E-state index contributed by atoms with van der Waals surface area (Å²) in [7, 11) is 0. The van der Waals surface area contributed by atoms with Crippen LogP contribution in [0.1, 0.15) is 16.8 Å². The molecule has 1 saturated heterocycles. The number of anilines is 1. The van der Waals surface area contributed by atoms with E-state index in [2.05, 4.69) is 26.5 Å². The zero-order valence-corrected chi connectivity index (χ0v) is 10.8. The predicted molar refractivity (Wildman–Crippen MR) is 68.6 cm³/mol. The zero-order valence-electron chi connectivity index (χ0n) is 10.0. The third-order valence-electron chi connectivity index (χ3n) is 2.96. The lowest BCUT2D eigenvalue weighted by molar-refractivity contribution is 0.581. The number of aromatic nitrogens is 2. The van der Waals surface area contributed by atoms with E-state index in [1.54, 1.807) is 0 Å². The van der Waals surface area contributed by atoms with Crippen molar-refractivity contribution in [3.05, 3.63) is 16.8 Å². The molecule has 0 saturated carbocycles. The first-order chi connectivity index (χ1) is 7.74. The van der Waals surface area contributed by atoms with Gasteiger partial charge in [-0.1, -0.05) is 0 Å². The molecule has 0 aromatic carbocycles. The molecule has 0 atom stereocenters. The summed E-state index contributed by atoms with van der Waals surface area (Å²) in [4.78, 5) is 2.12. The van der Waals surface area contributed by atoms with Crippen molar-refractivity contribution in [1.29, 1.82) is 5.26 Å². The van der Waals surface area contributed by atoms with Crippen LogP contribution >= 0.6 is 12.4 Å². The van der Waals surface area contributed by atoms with Gasteiger partial charge in [0.1, 0.15) is 11.6 Å². The summed E-state index contributed by atoms with van der Waals surface area (Å²) in [5.74, 6) is 0.729. The van der Waals surface area contributed by atoms with Crippen molar-refractivity contribution in [2.45, 2.75) is 13.8 Å². The molecule has 5 nitrogen and oxygen atoms in total. The Hall–Kier alpha value is -1.38. The van der Waals surface area contributed by atoms with Crippen molar-refractivity contribution in [3.63, 3.8) is 0 Å². The smallest absolute Gasteiger partial charge is 0.169 e. The summed E-state index contributed by atoms with van der Waals surface area (Å²) >= 11 is 0. The van der Waals surface area contributed by atoms with Crippen LogP contribution in [0.3, 0.4) is 0 Å². The standard InChI is InChI=1S/C11H15N5.ClH/c1-8-9(2)14-15-11(10(8)7-12)16-5-3-13-4-6-16;/h13H,3-6H2,1-2H3;1H. The topological polar surface area (TPSA) is 64.8 Å². The van der Waals surface area contributed by atoms with Crippen LogP contribution in [0, 0.1) is 25.2 Å².